The lowest BCUT2D eigenvalue weighted by atomic mass is 10.1. The summed E-state index contributed by atoms with van der Waals surface area (Å²) in [6.45, 7) is 5.14. The van der Waals surface area contributed by atoms with Gasteiger partial charge in [0.2, 0.25) is 0 Å². The predicted octanol–water partition coefficient (Wildman–Crippen LogP) is 3.13. The van der Waals surface area contributed by atoms with Crippen molar-refractivity contribution in [3.8, 4) is 0 Å². The van der Waals surface area contributed by atoms with Gasteiger partial charge >= 0.3 is 5.97 Å². The highest BCUT2D eigenvalue weighted by Crippen LogP contribution is 2.30. The summed E-state index contributed by atoms with van der Waals surface area (Å²) in [7, 11) is -3.86. The van der Waals surface area contributed by atoms with E-state index in [1.54, 1.807) is 6.07 Å². The van der Waals surface area contributed by atoms with Crippen molar-refractivity contribution in [3.05, 3.63) is 70.5 Å². The quantitative estimate of drug-likeness (QED) is 0.279. The zero-order valence-electron chi connectivity index (χ0n) is 22.2. The molecular weight excluding hydrogens is 538 g/mol. The van der Waals surface area contributed by atoms with E-state index in [0.29, 0.717) is 18.9 Å². The molecular formula is C27H35N5O5S2. The fourth-order valence-electron chi connectivity index (χ4n) is 4.62. The highest BCUT2D eigenvalue weighted by molar-refractivity contribution is 7.91. The summed E-state index contributed by atoms with van der Waals surface area (Å²) in [5, 5.41) is 23.5. The number of nitrogens with one attached hydrogen (secondary N) is 1. The van der Waals surface area contributed by atoms with Crippen LogP contribution in [0, 0.1) is 0 Å². The highest BCUT2D eigenvalue weighted by atomic mass is 32.2. The number of aromatic carboxylic acids is 1. The molecule has 12 heteroatoms. The maximum absolute atomic E-state index is 13.7. The van der Waals surface area contributed by atoms with Gasteiger partial charge in [-0.15, -0.1) is 11.3 Å². The van der Waals surface area contributed by atoms with E-state index in [2.05, 4.69) is 41.3 Å². The summed E-state index contributed by atoms with van der Waals surface area (Å²) in [4.78, 5) is 22.2. The van der Waals surface area contributed by atoms with Crippen LogP contribution in [0.4, 0.5) is 5.82 Å². The summed E-state index contributed by atoms with van der Waals surface area (Å²) in [6.07, 6.45) is 5.16. The lowest BCUT2D eigenvalue weighted by molar-refractivity contribution is 0.0549. The molecule has 1 aliphatic heterocycles. The number of sulfonamides is 1. The Kier molecular flexibility index (Phi) is 9.67. The normalized spacial score (nSPS) is 17.3. The lowest BCUT2D eigenvalue weighted by Gasteiger charge is -2.42. The van der Waals surface area contributed by atoms with E-state index >= 15 is 0 Å². The maximum Gasteiger partial charge on any atom is 0.356 e. The van der Waals surface area contributed by atoms with Crippen molar-refractivity contribution < 1.29 is 23.4 Å². The number of nitrogens with zero attached hydrogens (tertiary/aromatic N) is 4. The van der Waals surface area contributed by atoms with Crippen molar-refractivity contribution in [1.82, 2.24) is 19.6 Å². The Hall–Kier alpha value is -2.90. The first-order valence-electron chi connectivity index (χ1n) is 13.1. The third-order valence-electron chi connectivity index (χ3n) is 6.69. The van der Waals surface area contributed by atoms with Gasteiger partial charge in [0.1, 0.15) is 16.3 Å². The number of aromatic nitrogens is 2. The van der Waals surface area contributed by atoms with E-state index in [1.165, 1.54) is 33.6 Å². The van der Waals surface area contributed by atoms with Crippen molar-refractivity contribution in [2.75, 3.05) is 24.5 Å². The smallest absolute Gasteiger partial charge is 0.356 e. The van der Waals surface area contributed by atoms with Crippen LogP contribution in [0.15, 0.2) is 53.0 Å². The molecule has 0 radical (unpaired) electrons. The van der Waals surface area contributed by atoms with Crippen LogP contribution in [0.2, 0.25) is 0 Å². The van der Waals surface area contributed by atoms with Crippen LogP contribution in [0.3, 0.4) is 0 Å². The molecule has 1 fully saturated rings. The van der Waals surface area contributed by atoms with E-state index in [1.807, 2.05) is 23.1 Å². The first-order chi connectivity index (χ1) is 18.7. The van der Waals surface area contributed by atoms with E-state index in [-0.39, 0.29) is 23.0 Å². The molecule has 3 aromatic rings. The van der Waals surface area contributed by atoms with E-state index in [9.17, 15) is 18.3 Å². The number of thiophene rings is 1. The van der Waals surface area contributed by atoms with Crippen LogP contribution >= 0.6 is 11.3 Å². The molecule has 4 rings (SSSR count). The minimum Gasteiger partial charge on any atom is -0.476 e. The van der Waals surface area contributed by atoms with Gasteiger partial charge < -0.3 is 15.1 Å². The number of piperazine rings is 1. The molecule has 2 aromatic heterocycles. The van der Waals surface area contributed by atoms with E-state index < -0.39 is 28.3 Å². The van der Waals surface area contributed by atoms with Gasteiger partial charge in [0.05, 0.1) is 18.4 Å². The first-order valence-corrected chi connectivity index (χ1v) is 15.4. The maximum atomic E-state index is 13.7. The average molecular weight is 574 g/mol. The molecule has 1 saturated heterocycles. The predicted molar refractivity (Wildman–Crippen MR) is 150 cm³/mol. The number of anilines is 1. The summed E-state index contributed by atoms with van der Waals surface area (Å²) in [6, 6.07) is 10.8. The van der Waals surface area contributed by atoms with Gasteiger partial charge in [-0.1, -0.05) is 51.0 Å². The number of carbonyl (C=O) groups is 1. The summed E-state index contributed by atoms with van der Waals surface area (Å²) < 4.78 is 29.1. The lowest BCUT2D eigenvalue weighted by Crippen LogP contribution is -2.62. The van der Waals surface area contributed by atoms with Crippen LogP contribution in [-0.4, -0.2) is 70.8 Å². The molecule has 0 aliphatic carbocycles. The minimum atomic E-state index is -3.86. The Morgan fingerprint density at radius 1 is 1.05 bits per heavy atom. The van der Waals surface area contributed by atoms with Gasteiger partial charge in [-0.2, -0.15) is 4.31 Å². The standard InChI is InChI=1S/C27H35N5O5S2/c1-3-5-19-7-9-20(10-8-19)15-30-26(33)23-18-31(24-17-28-22(16-29-24)27(34)35)13-14-32(23)39(36,37)25-12-11-21(38-25)6-4-2/h7-12,16-17,23,26,30,33H,3-6,13-15,18H2,1-2H3,(H,34,35)/t23-,26?/m1/s1. The molecule has 3 heterocycles. The second-order valence-electron chi connectivity index (χ2n) is 9.56. The van der Waals surface area contributed by atoms with Crippen molar-refractivity contribution >= 4 is 33.1 Å². The molecule has 1 aromatic carbocycles. The third kappa shape index (κ3) is 7.00. The molecule has 1 aliphatic rings. The largest absolute Gasteiger partial charge is 0.476 e. The zero-order valence-corrected chi connectivity index (χ0v) is 23.8. The number of hydrogen-bond acceptors (Lipinski definition) is 9. The van der Waals surface area contributed by atoms with Crippen LogP contribution in [0.1, 0.15) is 53.2 Å². The second-order valence-corrected chi connectivity index (χ2v) is 12.8. The summed E-state index contributed by atoms with van der Waals surface area (Å²) >= 11 is 1.27. The fourth-order valence-corrected chi connectivity index (χ4v) is 7.81. The Labute approximate surface area is 233 Å². The Bertz CT molecular complexity index is 1350. The van der Waals surface area contributed by atoms with Crippen LogP contribution in [0.25, 0.3) is 0 Å². The van der Waals surface area contributed by atoms with Crippen molar-refractivity contribution in [2.24, 2.45) is 0 Å². The Morgan fingerprint density at radius 2 is 1.77 bits per heavy atom. The fraction of sp³-hybridized carbons (Fsp3) is 0.444. The zero-order chi connectivity index (χ0) is 28.0. The SMILES string of the molecule is CCCc1ccc(CNC(O)[C@H]2CN(c3cnc(C(=O)O)cn3)CCN2S(=O)(=O)c2ccc(CCC)s2)cc1. The first kappa shape index (κ1) is 29.1. The van der Waals surface area contributed by atoms with Gasteiger partial charge in [0.15, 0.2) is 5.69 Å². The van der Waals surface area contributed by atoms with Crippen molar-refractivity contribution in [1.29, 1.82) is 0 Å². The summed E-state index contributed by atoms with van der Waals surface area (Å²) in [5.74, 6) is -0.759. The Morgan fingerprint density at radius 3 is 2.41 bits per heavy atom. The van der Waals surface area contributed by atoms with Gasteiger partial charge in [0.25, 0.3) is 10.0 Å². The average Bonchev–Trinajstić information content (AvgIpc) is 3.42. The summed E-state index contributed by atoms with van der Waals surface area (Å²) in [5.41, 5.74) is 2.05. The molecule has 39 heavy (non-hydrogen) atoms. The number of rotatable bonds is 12. The number of carboxylic acids is 1. The minimum absolute atomic E-state index is 0.126. The van der Waals surface area contributed by atoms with Crippen LogP contribution < -0.4 is 10.2 Å². The molecule has 10 nitrogen and oxygen atoms in total. The molecule has 1 unspecified atom stereocenters. The van der Waals surface area contributed by atoms with E-state index in [4.69, 9.17) is 5.11 Å². The molecule has 210 valence electrons. The number of aryl methyl sites for hydroxylation is 2. The van der Waals surface area contributed by atoms with Crippen LogP contribution in [0.5, 0.6) is 0 Å². The van der Waals surface area contributed by atoms with Crippen molar-refractivity contribution in [3.63, 3.8) is 0 Å². The van der Waals surface area contributed by atoms with Gasteiger partial charge in [0, 0.05) is 31.1 Å². The molecule has 2 atom stereocenters. The van der Waals surface area contributed by atoms with Gasteiger partial charge in [-0.3, -0.25) is 5.32 Å². The monoisotopic (exact) mass is 573 g/mol. The number of aliphatic hydroxyl groups is 1. The molecule has 0 spiro atoms. The third-order valence-corrected chi connectivity index (χ3v) is 10.2. The topological polar surface area (TPSA) is 136 Å². The van der Waals surface area contributed by atoms with Gasteiger partial charge in [-0.25, -0.2) is 23.2 Å². The van der Waals surface area contributed by atoms with Crippen LogP contribution in [-0.2, 0) is 29.4 Å². The second kappa shape index (κ2) is 13.0. The van der Waals surface area contributed by atoms with E-state index in [0.717, 1.165) is 36.1 Å². The number of aliphatic hydroxyl groups excluding tert-OH is 1. The Balaban J connectivity index is 1.56. The van der Waals surface area contributed by atoms with Crippen molar-refractivity contribution in [2.45, 2.75) is 62.6 Å². The molecule has 0 bridgehead atoms. The molecule has 3 N–H and O–H groups in total. The number of hydrogen-bond donors (Lipinski definition) is 3. The van der Waals surface area contributed by atoms with Gasteiger partial charge in [-0.05, 0) is 36.1 Å². The molecule has 0 amide bonds. The number of carboxylic acid groups (broad SMARTS) is 1. The molecule has 0 saturated carbocycles. The number of benzene rings is 1. The highest BCUT2D eigenvalue weighted by Gasteiger charge is 2.41.